The van der Waals surface area contributed by atoms with E-state index in [1.165, 1.54) is 197 Å². The van der Waals surface area contributed by atoms with E-state index in [2.05, 4.69) is 303 Å². The molecule has 0 amide bonds. The third kappa shape index (κ3) is 7.38. The van der Waals surface area contributed by atoms with Gasteiger partial charge in [0.15, 0.2) is 0 Å². The number of benzene rings is 18. The molecule has 0 aliphatic carbocycles. The Bertz CT molecular complexity index is 7100. The van der Waals surface area contributed by atoms with Crippen molar-refractivity contribution in [3.05, 3.63) is 303 Å². The molecule has 0 radical (unpaired) electrons. The van der Waals surface area contributed by atoms with Crippen molar-refractivity contribution in [1.29, 1.82) is 0 Å². The Morgan fingerprint density at radius 1 is 0.188 bits per heavy atom. The molecule has 0 saturated heterocycles. The van der Waals surface area contributed by atoms with Crippen LogP contribution in [0.1, 0.15) is 0 Å². The second-order valence-corrected chi connectivity index (χ2v) is 29.0. The fraction of sp³-hybridized carbons (Fsp3) is 0. The fourth-order valence-corrected chi connectivity index (χ4v) is 20.6. The Hall–Kier alpha value is -11.5. The van der Waals surface area contributed by atoms with E-state index in [0.29, 0.717) is 0 Å². The zero-order valence-corrected chi connectivity index (χ0v) is 53.9. The number of furan rings is 1. The van der Waals surface area contributed by atoms with Gasteiger partial charge in [0, 0.05) is 93.2 Å². The molecule has 96 heavy (non-hydrogen) atoms. The minimum absolute atomic E-state index is 0.906. The van der Waals surface area contributed by atoms with Gasteiger partial charge in [-0.2, -0.15) is 0 Å². The van der Waals surface area contributed by atoms with Gasteiger partial charge in [-0.3, -0.25) is 0 Å². The van der Waals surface area contributed by atoms with Gasteiger partial charge < -0.3 is 4.42 Å². The van der Waals surface area contributed by atoms with Gasteiger partial charge in [-0.1, -0.05) is 255 Å². The maximum absolute atomic E-state index is 6.74. The fourth-order valence-electron chi connectivity index (χ4n) is 16.9. The third-order valence-corrected chi connectivity index (χ3v) is 24.6. The van der Waals surface area contributed by atoms with Crippen LogP contribution in [0, 0.1) is 0 Å². The van der Waals surface area contributed by atoms with Gasteiger partial charge in [0.05, 0.1) is 0 Å². The summed E-state index contributed by atoms with van der Waals surface area (Å²) in [5, 5.41) is 30.4. The molecule has 22 aromatic rings. The summed E-state index contributed by atoms with van der Waals surface area (Å²) in [6, 6.07) is 114. The van der Waals surface area contributed by atoms with Crippen molar-refractivity contribution >= 4 is 203 Å². The first-order valence-electron chi connectivity index (χ1n) is 32.9. The molecular weight excluding hydrogens is 1220 g/mol. The summed E-state index contributed by atoms with van der Waals surface area (Å²) in [5.74, 6) is 0. The minimum Gasteiger partial charge on any atom is -0.455 e. The molecular formula is C92H50OS3. The summed E-state index contributed by atoms with van der Waals surface area (Å²) >= 11 is 5.76. The maximum Gasteiger partial charge on any atom is 0.143 e. The van der Waals surface area contributed by atoms with Gasteiger partial charge in [-0.25, -0.2) is 0 Å². The average Bonchev–Trinajstić information content (AvgIpc) is 1.73. The molecule has 0 bridgehead atoms. The molecule has 0 fully saturated rings. The first kappa shape index (κ1) is 52.9. The molecule has 18 aromatic carbocycles. The molecule has 442 valence electrons. The maximum atomic E-state index is 6.74. The van der Waals surface area contributed by atoms with Crippen molar-refractivity contribution < 1.29 is 4.42 Å². The molecule has 0 saturated carbocycles. The molecule has 4 aromatic heterocycles. The predicted molar refractivity (Wildman–Crippen MR) is 420 cm³/mol. The van der Waals surface area contributed by atoms with Crippen molar-refractivity contribution in [3.63, 3.8) is 0 Å². The highest BCUT2D eigenvalue weighted by atomic mass is 32.1. The highest BCUT2D eigenvalue weighted by molar-refractivity contribution is 7.27. The number of rotatable bonds is 5. The van der Waals surface area contributed by atoms with E-state index < -0.39 is 0 Å². The van der Waals surface area contributed by atoms with Gasteiger partial charge in [0.1, 0.15) is 11.2 Å². The second-order valence-electron chi connectivity index (χ2n) is 25.9. The monoisotopic (exact) mass is 1270 g/mol. The number of fused-ring (bicyclic) bond motifs is 26. The lowest BCUT2D eigenvalue weighted by Gasteiger charge is -2.18. The van der Waals surface area contributed by atoms with Crippen LogP contribution in [0.2, 0.25) is 0 Å². The molecule has 0 N–H and O–H groups in total. The summed E-state index contributed by atoms with van der Waals surface area (Å²) in [4.78, 5) is 0. The lowest BCUT2D eigenvalue weighted by atomic mass is 9.85. The number of para-hydroxylation sites is 2. The van der Waals surface area contributed by atoms with E-state index in [4.69, 9.17) is 4.42 Å². The molecule has 0 unspecified atom stereocenters. The number of thiophene rings is 3. The van der Waals surface area contributed by atoms with Crippen molar-refractivity contribution in [2.45, 2.75) is 0 Å². The molecule has 4 heteroatoms. The number of hydrogen-bond donors (Lipinski definition) is 0. The lowest BCUT2D eigenvalue weighted by molar-refractivity contribution is 0.670. The number of hydrogen-bond acceptors (Lipinski definition) is 4. The Kier molecular flexibility index (Phi) is 11.0. The Morgan fingerprint density at radius 2 is 0.521 bits per heavy atom. The van der Waals surface area contributed by atoms with E-state index in [-0.39, 0.29) is 0 Å². The van der Waals surface area contributed by atoms with Crippen LogP contribution >= 0.6 is 34.0 Å². The first-order chi connectivity index (χ1) is 47.6. The normalized spacial score (nSPS) is 12.4. The van der Waals surface area contributed by atoms with E-state index in [1.807, 2.05) is 34.0 Å². The Labute approximate surface area is 561 Å². The van der Waals surface area contributed by atoms with Gasteiger partial charge >= 0.3 is 0 Å². The quantitative estimate of drug-likeness (QED) is 0.124. The SMILES string of the molecule is c1ccc2c(c1)oc1c(-c3c4ccccc4c(-c4ccc5sc6c7cc(-c8cccc9c8sc8ccc(-c%10c%11ccccc%11c(-c%11ccc%12sc%13c%14ccccc%14c%14ccccc%14c%13c%12c%11)c%11ccccc%10%11)cc89)ccc7c7ccccc7c6c5c4)c4ccccc34)cccc12. The molecule has 0 atom stereocenters. The van der Waals surface area contributed by atoms with Crippen LogP contribution in [0.15, 0.2) is 308 Å². The van der Waals surface area contributed by atoms with E-state index in [9.17, 15) is 0 Å². The zero-order chi connectivity index (χ0) is 62.4. The standard InChI is InChI=1S/C92H50OS3/c1-4-23-61-56(19-1)58-21-3-14-33-72(58)91-87(61)77-49-53(41-45-81(77)95-91)84-65-27-8-6-25-63(65)83(64-26-7-9-28-66(64)84)52-40-44-80-75(48-52)73-36-17-34-55(90(73)94-80)51-39-43-59-57-20-2-5-24-62(57)88-78-50-54(42-46-82(78)96-92(88)76(59)47-51)85-67-29-10-12-31-69(67)86(70-32-13-11-30-68(70)85)74-37-18-35-71-60-22-15-16-38-79(60)93-89(71)74/h1-50H. The minimum atomic E-state index is 0.906. The highest BCUT2D eigenvalue weighted by Crippen LogP contribution is 2.53. The van der Waals surface area contributed by atoms with Crippen LogP contribution in [0.4, 0.5) is 0 Å². The smallest absolute Gasteiger partial charge is 0.143 e. The summed E-state index contributed by atoms with van der Waals surface area (Å²) in [6.45, 7) is 0. The Morgan fingerprint density at radius 3 is 1.04 bits per heavy atom. The Balaban J connectivity index is 0.690. The van der Waals surface area contributed by atoms with Crippen molar-refractivity contribution in [2.24, 2.45) is 0 Å². The second kappa shape index (κ2) is 20.0. The zero-order valence-electron chi connectivity index (χ0n) is 51.5. The van der Waals surface area contributed by atoms with Gasteiger partial charge in [-0.15, -0.1) is 34.0 Å². The van der Waals surface area contributed by atoms with Crippen LogP contribution in [-0.2, 0) is 0 Å². The molecule has 0 spiro atoms. The van der Waals surface area contributed by atoms with Crippen LogP contribution < -0.4 is 0 Å². The van der Waals surface area contributed by atoms with Crippen LogP contribution in [0.5, 0.6) is 0 Å². The lowest BCUT2D eigenvalue weighted by Crippen LogP contribution is -1.91. The van der Waals surface area contributed by atoms with Crippen LogP contribution in [0.3, 0.4) is 0 Å². The van der Waals surface area contributed by atoms with E-state index in [0.717, 1.165) is 27.5 Å². The summed E-state index contributed by atoms with van der Waals surface area (Å²) < 4.78 is 14.6. The van der Waals surface area contributed by atoms with Crippen molar-refractivity contribution in [1.82, 2.24) is 0 Å². The van der Waals surface area contributed by atoms with Gasteiger partial charge in [0.25, 0.3) is 0 Å². The summed E-state index contributed by atoms with van der Waals surface area (Å²) in [6.07, 6.45) is 0. The predicted octanol–water partition coefficient (Wildman–Crippen LogP) is 28.3. The third-order valence-electron chi connectivity index (χ3n) is 21.0. The van der Waals surface area contributed by atoms with Crippen LogP contribution in [0.25, 0.3) is 224 Å². The topological polar surface area (TPSA) is 13.1 Å². The molecule has 22 rings (SSSR count). The van der Waals surface area contributed by atoms with Crippen molar-refractivity contribution in [3.8, 4) is 55.6 Å². The molecule has 1 nitrogen and oxygen atoms in total. The van der Waals surface area contributed by atoms with Crippen molar-refractivity contribution in [2.75, 3.05) is 0 Å². The van der Waals surface area contributed by atoms with Gasteiger partial charge in [-0.05, 0) is 168 Å². The van der Waals surface area contributed by atoms with Gasteiger partial charge in [0.2, 0.25) is 0 Å². The highest BCUT2D eigenvalue weighted by Gasteiger charge is 2.25. The van der Waals surface area contributed by atoms with E-state index >= 15 is 0 Å². The van der Waals surface area contributed by atoms with E-state index in [1.54, 1.807) is 0 Å². The largest absolute Gasteiger partial charge is 0.455 e. The molecule has 4 heterocycles. The summed E-state index contributed by atoms with van der Waals surface area (Å²) in [7, 11) is 0. The molecule has 0 aliphatic rings. The summed E-state index contributed by atoms with van der Waals surface area (Å²) in [5.41, 5.74) is 14.1. The van der Waals surface area contributed by atoms with Crippen LogP contribution in [-0.4, -0.2) is 0 Å². The molecule has 0 aliphatic heterocycles. The first-order valence-corrected chi connectivity index (χ1v) is 35.4. The average molecular weight is 1270 g/mol.